The van der Waals surface area contributed by atoms with Crippen LogP contribution >= 0.6 is 0 Å². The number of rotatable bonds is 1. The number of nitrogens with zero attached hydrogens (tertiary/aromatic N) is 2. The second-order valence-corrected chi connectivity index (χ2v) is 7.54. The first-order valence-corrected chi connectivity index (χ1v) is 7.33. The van der Waals surface area contributed by atoms with Crippen molar-refractivity contribution in [1.82, 2.24) is 9.78 Å². The Labute approximate surface area is 101 Å². The molecule has 0 fully saturated rings. The molecule has 0 radical (unpaired) electrons. The fourth-order valence-electron chi connectivity index (χ4n) is 2.07. The predicted molar refractivity (Wildman–Crippen MR) is 63.8 cm³/mol. The number of hydrogen-bond acceptors (Lipinski definition) is 4. The summed E-state index contributed by atoms with van der Waals surface area (Å²) < 4.78 is 24.7. The molecule has 0 atom stereocenters. The lowest BCUT2D eigenvalue weighted by molar-refractivity contribution is 0.110. The Bertz CT molecular complexity index is 564. The highest BCUT2D eigenvalue weighted by Crippen LogP contribution is 2.26. The van der Waals surface area contributed by atoms with E-state index in [4.69, 9.17) is 0 Å². The van der Waals surface area contributed by atoms with Crippen LogP contribution in [0.5, 0.6) is 0 Å². The van der Waals surface area contributed by atoms with Gasteiger partial charge in [-0.25, -0.2) is 8.42 Å². The molecule has 0 bridgehead atoms. The molecule has 17 heavy (non-hydrogen) atoms. The maximum absolute atomic E-state index is 11.5. The molecule has 0 saturated heterocycles. The van der Waals surface area contributed by atoms with Crippen LogP contribution in [-0.2, 0) is 27.5 Å². The Morgan fingerprint density at radius 3 is 2.53 bits per heavy atom. The van der Waals surface area contributed by atoms with Gasteiger partial charge in [0.1, 0.15) is 5.69 Å². The highest BCUT2D eigenvalue weighted by Gasteiger charge is 2.30. The van der Waals surface area contributed by atoms with E-state index in [9.17, 15) is 13.2 Å². The van der Waals surface area contributed by atoms with Crippen LogP contribution in [-0.4, -0.2) is 30.2 Å². The molecule has 0 saturated carbocycles. The van der Waals surface area contributed by atoms with E-state index in [1.807, 2.05) is 20.8 Å². The average molecular weight is 256 g/mol. The predicted octanol–water partition coefficient (Wildman–Crippen LogP) is 0.921. The van der Waals surface area contributed by atoms with Crippen molar-refractivity contribution in [3.8, 4) is 0 Å². The third-order valence-corrected chi connectivity index (χ3v) is 4.41. The smallest absolute Gasteiger partial charge is 0.168 e. The molecule has 94 valence electrons. The van der Waals surface area contributed by atoms with Crippen LogP contribution < -0.4 is 0 Å². The summed E-state index contributed by atoms with van der Waals surface area (Å²) in [5, 5.41) is 4.29. The summed E-state index contributed by atoms with van der Waals surface area (Å²) in [7, 11) is -3.05. The van der Waals surface area contributed by atoms with Crippen molar-refractivity contribution < 1.29 is 13.2 Å². The number of fused-ring (bicyclic) bond motifs is 1. The molecule has 0 aliphatic carbocycles. The maximum Gasteiger partial charge on any atom is 0.168 e. The molecule has 0 unspecified atom stereocenters. The van der Waals surface area contributed by atoms with Crippen LogP contribution in [0.25, 0.3) is 0 Å². The van der Waals surface area contributed by atoms with Crippen LogP contribution in [0.2, 0.25) is 0 Å². The molecule has 0 aromatic carbocycles. The Morgan fingerprint density at radius 1 is 1.35 bits per heavy atom. The molecule has 5 nitrogen and oxygen atoms in total. The van der Waals surface area contributed by atoms with Crippen molar-refractivity contribution in [3.63, 3.8) is 0 Å². The second kappa shape index (κ2) is 3.66. The highest BCUT2D eigenvalue weighted by atomic mass is 32.2. The standard InChI is InChI=1S/C11H16N2O3S/c1-11(2,3)13-10(6-14)8-4-5-17(15,16)7-9(8)12-13/h6H,4-5,7H2,1-3H3. The minimum atomic E-state index is -3.05. The zero-order chi connectivity index (χ0) is 12.8. The summed E-state index contributed by atoms with van der Waals surface area (Å²) in [6.07, 6.45) is 1.16. The molecule has 1 aromatic heterocycles. The first-order valence-electron chi connectivity index (χ1n) is 5.51. The summed E-state index contributed by atoms with van der Waals surface area (Å²) in [4.78, 5) is 11.2. The van der Waals surface area contributed by atoms with Crippen molar-refractivity contribution in [2.24, 2.45) is 0 Å². The van der Waals surface area contributed by atoms with E-state index in [-0.39, 0.29) is 17.0 Å². The summed E-state index contributed by atoms with van der Waals surface area (Å²) in [6.45, 7) is 5.81. The number of sulfone groups is 1. The lowest BCUT2D eigenvalue weighted by atomic mass is 10.1. The van der Waals surface area contributed by atoms with Gasteiger partial charge in [-0.2, -0.15) is 5.10 Å². The van der Waals surface area contributed by atoms with Crippen molar-refractivity contribution in [2.75, 3.05) is 5.75 Å². The van der Waals surface area contributed by atoms with E-state index in [0.717, 1.165) is 11.8 Å². The van der Waals surface area contributed by atoms with Gasteiger partial charge in [0.2, 0.25) is 0 Å². The molecular formula is C11H16N2O3S. The van der Waals surface area contributed by atoms with E-state index in [0.29, 0.717) is 17.8 Å². The molecule has 1 aromatic rings. The summed E-state index contributed by atoms with van der Waals surface area (Å²) in [6, 6.07) is 0. The summed E-state index contributed by atoms with van der Waals surface area (Å²) in [5.41, 5.74) is 1.53. The van der Waals surface area contributed by atoms with Gasteiger partial charge in [-0.1, -0.05) is 0 Å². The topological polar surface area (TPSA) is 69.0 Å². The Morgan fingerprint density at radius 2 is 2.00 bits per heavy atom. The lowest BCUT2D eigenvalue weighted by Crippen LogP contribution is -2.25. The van der Waals surface area contributed by atoms with Gasteiger partial charge < -0.3 is 0 Å². The zero-order valence-electron chi connectivity index (χ0n) is 10.2. The van der Waals surface area contributed by atoms with Gasteiger partial charge >= 0.3 is 0 Å². The van der Waals surface area contributed by atoms with E-state index < -0.39 is 9.84 Å². The lowest BCUT2D eigenvalue weighted by Gasteiger charge is -2.20. The van der Waals surface area contributed by atoms with Crippen molar-refractivity contribution in [3.05, 3.63) is 17.0 Å². The normalized spacial score (nSPS) is 18.8. The molecule has 0 spiro atoms. The SMILES string of the molecule is CC(C)(C)n1nc2c(c1C=O)CCS(=O)(=O)C2. The first-order chi connectivity index (χ1) is 7.74. The van der Waals surface area contributed by atoms with Crippen LogP contribution in [0.1, 0.15) is 42.5 Å². The van der Waals surface area contributed by atoms with Crippen molar-refractivity contribution >= 4 is 16.1 Å². The number of carbonyl (C=O) groups is 1. The Hall–Kier alpha value is -1.17. The minimum Gasteiger partial charge on any atom is -0.296 e. The number of carbonyl (C=O) groups excluding carboxylic acids is 1. The highest BCUT2D eigenvalue weighted by molar-refractivity contribution is 7.90. The molecular weight excluding hydrogens is 240 g/mol. The monoisotopic (exact) mass is 256 g/mol. The van der Waals surface area contributed by atoms with Gasteiger partial charge in [0, 0.05) is 5.56 Å². The molecule has 6 heteroatoms. The summed E-state index contributed by atoms with van der Waals surface area (Å²) >= 11 is 0. The largest absolute Gasteiger partial charge is 0.296 e. The van der Waals surface area contributed by atoms with Gasteiger partial charge in [-0.3, -0.25) is 9.48 Å². The average Bonchev–Trinajstić information content (AvgIpc) is 2.52. The van der Waals surface area contributed by atoms with E-state index in [1.54, 1.807) is 4.68 Å². The fourth-order valence-corrected chi connectivity index (χ4v) is 3.38. The van der Waals surface area contributed by atoms with Crippen LogP contribution in [0.3, 0.4) is 0 Å². The van der Waals surface area contributed by atoms with Crippen LogP contribution in [0.4, 0.5) is 0 Å². The van der Waals surface area contributed by atoms with Gasteiger partial charge in [0.05, 0.1) is 22.7 Å². The molecule has 0 N–H and O–H groups in total. The van der Waals surface area contributed by atoms with E-state index >= 15 is 0 Å². The molecule has 2 heterocycles. The second-order valence-electron chi connectivity index (χ2n) is 5.35. The van der Waals surface area contributed by atoms with Gasteiger partial charge in [-0.15, -0.1) is 0 Å². The molecule has 2 rings (SSSR count). The van der Waals surface area contributed by atoms with E-state index in [2.05, 4.69) is 5.10 Å². The fraction of sp³-hybridized carbons (Fsp3) is 0.636. The third-order valence-electron chi connectivity index (χ3n) is 2.87. The maximum atomic E-state index is 11.5. The molecule has 1 aliphatic rings. The summed E-state index contributed by atoms with van der Waals surface area (Å²) in [5.74, 6) is 0.0585. The number of aromatic nitrogens is 2. The Balaban J connectivity index is 2.61. The molecule has 0 amide bonds. The zero-order valence-corrected chi connectivity index (χ0v) is 11.0. The van der Waals surface area contributed by atoms with E-state index in [1.165, 1.54) is 0 Å². The van der Waals surface area contributed by atoms with Crippen molar-refractivity contribution in [1.29, 1.82) is 0 Å². The van der Waals surface area contributed by atoms with Crippen LogP contribution in [0, 0.1) is 0 Å². The first kappa shape index (κ1) is 12.3. The molecule has 1 aliphatic heterocycles. The Kier molecular flexibility index (Phi) is 2.65. The quantitative estimate of drug-likeness (QED) is 0.701. The van der Waals surface area contributed by atoms with Crippen molar-refractivity contribution in [2.45, 2.75) is 38.5 Å². The van der Waals surface area contributed by atoms with Gasteiger partial charge in [-0.05, 0) is 27.2 Å². The minimum absolute atomic E-state index is 0.0494. The van der Waals surface area contributed by atoms with Gasteiger partial charge in [0.25, 0.3) is 0 Å². The number of hydrogen-bond donors (Lipinski definition) is 0. The van der Waals surface area contributed by atoms with Gasteiger partial charge in [0.15, 0.2) is 16.1 Å². The third kappa shape index (κ3) is 2.13. The van der Waals surface area contributed by atoms with Crippen LogP contribution in [0.15, 0.2) is 0 Å². The number of aldehydes is 1.